The van der Waals surface area contributed by atoms with E-state index in [0.29, 0.717) is 13.0 Å². The van der Waals surface area contributed by atoms with Crippen LogP contribution in [0, 0.1) is 11.6 Å². The Kier molecular flexibility index (Phi) is 6.11. The van der Waals surface area contributed by atoms with Crippen LogP contribution in [-0.2, 0) is 6.42 Å². The number of anilines is 2. The van der Waals surface area contributed by atoms with Gasteiger partial charge in [-0.05, 0) is 42.3 Å². The molecule has 0 radical (unpaired) electrons. The second-order valence-corrected chi connectivity index (χ2v) is 5.87. The molecule has 0 fully saturated rings. The Morgan fingerprint density at radius 2 is 1.89 bits per heavy atom. The summed E-state index contributed by atoms with van der Waals surface area (Å²) in [5, 5.41) is 5.41. The highest BCUT2D eigenvalue weighted by Crippen LogP contribution is 2.18. The first-order chi connectivity index (χ1) is 13.5. The third kappa shape index (κ3) is 5.00. The minimum Gasteiger partial charge on any atom is -0.497 e. The molecule has 28 heavy (non-hydrogen) atoms. The summed E-state index contributed by atoms with van der Waals surface area (Å²) in [6, 6.07) is 12.1. The first-order valence-electron chi connectivity index (χ1n) is 8.51. The highest BCUT2D eigenvalue weighted by atomic mass is 19.1. The molecule has 0 aliphatic heterocycles. The lowest BCUT2D eigenvalue weighted by molar-refractivity contribution is 0.0949. The summed E-state index contributed by atoms with van der Waals surface area (Å²) >= 11 is 0. The number of halogens is 2. The molecule has 1 aromatic heterocycles. The molecule has 1 amide bonds. The molecular formula is C20H18F2N4O2. The standard InChI is InChI=1S/C20H18F2N4O2/c1-28-15-5-2-13(3-6-15)8-10-23-19(27)18-9-11-24-20(26-18)25-17-7-4-14(21)12-16(17)22/h2-7,9,11-12H,8,10H2,1H3,(H,23,27)(H,24,25,26). The van der Waals surface area contributed by atoms with Gasteiger partial charge in [-0.15, -0.1) is 0 Å². The number of amides is 1. The van der Waals surface area contributed by atoms with Crippen LogP contribution in [0.25, 0.3) is 0 Å². The molecule has 0 bridgehead atoms. The Balaban J connectivity index is 1.58. The number of carbonyl (C=O) groups is 1. The van der Waals surface area contributed by atoms with Gasteiger partial charge in [0.15, 0.2) is 0 Å². The van der Waals surface area contributed by atoms with Crippen LogP contribution < -0.4 is 15.4 Å². The number of carbonyl (C=O) groups excluding carboxylic acids is 1. The zero-order chi connectivity index (χ0) is 19.9. The molecule has 0 spiro atoms. The molecule has 2 aromatic carbocycles. The number of hydrogen-bond acceptors (Lipinski definition) is 5. The van der Waals surface area contributed by atoms with Gasteiger partial charge in [-0.2, -0.15) is 0 Å². The Bertz CT molecular complexity index is 965. The van der Waals surface area contributed by atoms with E-state index >= 15 is 0 Å². The van der Waals surface area contributed by atoms with Crippen molar-refractivity contribution in [3.8, 4) is 5.75 Å². The van der Waals surface area contributed by atoms with E-state index in [-0.39, 0.29) is 23.2 Å². The third-order valence-electron chi connectivity index (χ3n) is 3.92. The zero-order valence-corrected chi connectivity index (χ0v) is 15.1. The first kappa shape index (κ1) is 19.2. The van der Waals surface area contributed by atoms with E-state index in [0.717, 1.165) is 23.4 Å². The van der Waals surface area contributed by atoms with E-state index < -0.39 is 11.6 Å². The Morgan fingerprint density at radius 1 is 1.11 bits per heavy atom. The van der Waals surface area contributed by atoms with Gasteiger partial charge in [-0.1, -0.05) is 12.1 Å². The fraction of sp³-hybridized carbons (Fsp3) is 0.150. The van der Waals surface area contributed by atoms with Crippen LogP contribution in [0.3, 0.4) is 0 Å². The van der Waals surface area contributed by atoms with Gasteiger partial charge in [0, 0.05) is 18.8 Å². The van der Waals surface area contributed by atoms with Crippen molar-refractivity contribution < 1.29 is 18.3 Å². The van der Waals surface area contributed by atoms with Gasteiger partial charge < -0.3 is 15.4 Å². The molecule has 144 valence electrons. The number of nitrogens with one attached hydrogen (secondary N) is 2. The van der Waals surface area contributed by atoms with Crippen molar-refractivity contribution in [3.63, 3.8) is 0 Å². The summed E-state index contributed by atoms with van der Waals surface area (Å²) in [7, 11) is 1.60. The largest absolute Gasteiger partial charge is 0.497 e. The third-order valence-corrected chi connectivity index (χ3v) is 3.92. The molecule has 3 aromatic rings. The number of methoxy groups -OCH3 is 1. The van der Waals surface area contributed by atoms with Crippen LogP contribution in [0.15, 0.2) is 54.7 Å². The van der Waals surface area contributed by atoms with E-state index in [2.05, 4.69) is 20.6 Å². The maximum absolute atomic E-state index is 13.7. The maximum atomic E-state index is 13.7. The lowest BCUT2D eigenvalue weighted by Gasteiger charge is -2.08. The molecule has 2 N–H and O–H groups in total. The monoisotopic (exact) mass is 384 g/mol. The minimum atomic E-state index is -0.780. The molecule has 0 atom stereocenters. The zero-order valence-electron chi connectivity index (χ0n) is 15.1. The molecule has 6 nitrogen and oxygen atoms in total. The summed E-state index contributed by atoms with van der Waals surface area (Å²) in [5.74, 6) is -1.04. The molecule has 0 aliphatic carbocycles. The lowest BCUT2D eigenvalue weighted by Crippen LogP contribution is -2.26. The Hall–Kier alpha value is -3.55. The van der Waals surface area contributed by atoms with E-state index in [1.807, 2.05) is 24.3 Å². The predicted molar refractivity (Wildman–Crippen MR) is 101 cm³/mol. The van der Waals surface area contributed by atoms with Gasteiger partial charge in [0.1, 0.15) is 23.1 Å². The summed E-state index contributed by atoms with van der Waals surface area (Å²) in [6.07, 6.45) is 2.03. The number of aromatic nitrogens is 2. The van der Waals surface area contributed by atoms with Crippen molar-refractivity contribution in [1.82, 2.24) is 15.3 Å². The van der Waals surface area contributed by atoms with Gasteiger partial charge in [0.05, 0.1) is 12.8 Å². The highest BCUT2D eigenvalue weighted by molar-refractivity contribution is 5.92. The average molecular weight is 384 g/mol. The Labute approximate surface area is 160 Å². The molecule has 8 heteroatoms. The van der Waals surface area contributed by atoms with Crippen LogP contribution in [0.4, 0.5) is 20.4 Å². The highest BCUT2D eigenvalue weighted by Gasteiger charge is 2.10. The predicted octanol–water partition coefficient (Wildman–Crippen LogP) is 3.48. The number of ether oxygens (including phenoxy) is 1. The summed E-state index contributed by atoms with van der Waals surface area (Å²) in [4.78, 5) is 20.3. The van der Waals surface area contributed by atoms with Crippen molar-refractivity contribution in [3.05, 3.63) is 77.6 Å². The Morgan fingerprint density at radius 3 is 2.61 bits per heavy atom. The number of hydrogen-bond donors (Lipinski definition) is 2. The smallest absolute Gasteiger partial charge is 0.270 e. The molecule has 0 saturated heterocycles. The fourth-order valence-corrected chi connectivity index (χ4v) is 2.46. The summed E-state index contributed by atoms with van der Waals surface area (Å²) < 4.78 is 31.8. The molecule has 3 rings (SSSR count). The van der Waals surface area contributed by atoms with Crippen molar-refractivity contribution in [2.45, 2.75) is 6.42 Å². The SMILES string of the molecule is COc1ccc(CCNC(=O)c2ccnc(Nc3ccc(F)cc3F)n2)cc1. The molecule has 0 aliphatic rings. The quantitative estimate of drug-likeness (QED) is 0.652. The minimum absolute atomic E-state index is 0.0125. The van der Waals surface area contributed by atoms with Crippen molar-refractivity contribution >= 4 is 17.5 Å². The van der Waals surface area contributed by atoms with Crippen LogP contribution in [0.1, 0.15) is 16.1 Å². The van der Waals surface area contributed by atoms with Gasteiger partial charge in [0.25, 0.3) is 5.91 Å². The van der Waals surface area contributed by atoms with E-state index in [1.54, 1.807) is 7.11 Å². The summed E-state index contributed by atoms with van der Waals surface area (Å²) in [6.45, 7) is 0.421. The van der Waals surface area contributed by atoms with Gasteiger partial charge in [0.2, 0.25) is 5.95 Å². The second-order valence-electron chi connectivity index (χ2n) is 5.87. The first-order valence-corrected chi connectivity index (χ1v) is 8.51. The molecular weight excluding hydrogens is 366 g/mol. The lowest BCUT2D eigenvalue weighted by atomic mass is 10.1. The second kappa shape index (κ2) is 8.90. The van der Waals surface area contributed by atoms with Crippen molar-refractivity contribution in [2.24, 2.45) is 0 Å². The van der Waals surface area contributed by atoms with E-state index in [4.69, 9.17) is 4.74 Å². The average Bonchev–Trinajstić information content (AvgIpc) is 2.71. The number of nitrogens with zero attached hydrogens (tertiary/aromatic N) is 2. The normalized spacial score (nSPS) is 10.4. The van der Waals surface area contributed by atoms with Crippen LogP contribution in [-0.4, -0.2) is 29.5 Å². The molecule has 0 saturated carbocycles. The van der Waals surface area contributed by atoms with Crippen molar-refractivity contribution in [1.29, 1.82) is 0 Å². The van der Waals surface area contributed by atoms with E-state index in [9.17, 15) is 13.6 Å². The topological polar surface area (TPSA) is 76.1 Å². The summed E-state index contributed by atoms with van der Waals surface area (Å²) in [5.41, 5.74) is 1.20. The molecule has 0 unspecified atom stereocenters. The number of benzene rings is 2. The number of rotatable bonds is 7. The van der Waals surface area contributed by atoms with Gasteiger partial charge in [-0.25, -0.2) is 18.7 Å². The van der Waals surface area contributed by atoms with E-state index in [1.165, 1.54) is 18.3 Å². The van der Waals surface area contributed by atoms with Crippen molar-refractivity contribution in [2.75, 3.05) is 19.0 Å². The maximum Gasteiger partial charge on any atom is 0.270 e. The van der Waals surface area contributed by atoms with Crippen LogP contribution in [0.2, 0.25) is 0 Å². The van der Waals surface area contributed by atoms with Gasteiger partial charge in [-0.3, -0.25) is 4.79 Å². The fourth-order valence-electron chi connectivity index (χ4n) is 2.46. The van der Waals surface area contributed by atoms with Crippen LogP contribution >= 0.6 is 0 Å². The molecule has 1 heterocycles. The van der Waals surface area contributed by atoms with Crippen LogP contribution in [0.5, 0.6) is 5.75 Å². The van der Waals surface area contributed by atoms with Gasteiger partial charge >= 0.3 is 0 Å².